The molecule has 0 aliphatic rings. The minimum absolute atomic E-state index is 0.0411. The summed E-state index contributed by atoms with van der Waals surface area (Å²) in [6.45, 7) is 4.47. The molecule has 0 spiro atoms. The standard InChI is InChI=1S/C12H14Cl2N2O/c1-2-7-15-11(17)6-8-16-12-9(13)4-3-5-10(12)14/h2-5,16H,1,6-8H2,(H,15,17). The van der Waals surface area contributed by atoms with Crippen molar-refractivity contribution in [3.8, 4) is 0 Å². The number of carbonyl (C=O) groups is 1. The van der Waals surface area contributed by atoms with E-state index in [1.54, 1.807) is 24.3 Å². The number of para-hydroxylation sites is 1. The lowest BCUT2D eigenvalue weighted by Gasteiger charge is -2.09. The lowest BCUT2D eigenvalue weighted by molar-refractivity contribution is -0.120. The lowest BCUT2D eigenvalue weighted by Crippen LogP contribution is -2.25. The van der Waals surface area contributed by atoms with Crippen molar-refractivity contribution in [1.29, 1.82) is 0 Å². The first-order valence-electron chi connectivity index (χ1n) is 5.20. The minimum Gasteiger partial charge on any atom is -0.382 e. The molecule has 0 atom stereocenters. The van der Waals surface area contributed by atoms with Gasteiger partial charge in [-0.25, -0.2) is 0 Å². The Morgan fingerprint density at radius 1 is 1.35 bits per heavy atom. The summed E-state index contributed by atoms with van der Waals surface area (Å²) in [6, 6.07) is 5.26. The fourth-order valence-corrected chi connectivity index (χ4v) is 1.77. The van der Waals surface area contributed by atoms with Crippen molar-refractivity contribution in [3.05, 3.63) is 40.9 Å². The van der Waals surface area contributed by atoms with E-state index in [-0.39, 0.29) is 5.91 Å². The average molecular weight is 273 g/mol. The van der Waals surface area contributed by atoms with Gasteiger partial charge < -0.3 is 10.6 Å². The van der Waals surface area contributed by atoms with E-state index in [1.807, 2.05) is 0 Å². The molecule has 3 nitrogen and oxygen atoms in total. The fourth-order valence-electron chi connectivity index (χ4n) is 1.24. The number of amides is 1. The molecule has 0 aromatic heterocycles. The van der Waals surface area contributed by atoms with Gasteiger partial charge in [-0.05, 0) is 12.1 Å². The highest BCUT2D eigenvalue weighted by molar-refractivity contribution is 6.39. The van der Waals surface area contributed by atoms with Gasteiger partial charge in [-0.15, -0.1) is 6.58 Å². The number of benzene rings is 1. The van der Waals surface area contributed by atoms with E-state index in [2.05, 4.69) is 17.2 Å². The van der Waals surface area contributed by atoms with Gasteiger partial charge in [-0.2, -0.15) is 0 Å². The van der Waals surface area contributed by atoms with E-state index in [4.69, 9.17) is 23.2 Å². The van der Waals surface area contributed by atoms with E-state index in [0.29, 0.717) is 35.2 Å². The number of anilines is 1. The van der Waals surface area contributed by atoms with Gasteiger partial charge in [0.2, 0.25) is 5.91 Å². The summed E-state index contributed by atoms with van der Waals surface area (Å²) in [5, 5.41) is 6.81. The highest BCUT2D eigenvalue weighted by Gasteiger charge is 2.05. The largest absolute Gasteiger partial charge is 0.382 e. The second-order valence-corrected chi connectivity index (χ2v) is 4.18. The normalized spacial score (nSPS) is 9.76. The third-order valence-electron chi connectivity index (χ3n) is 2.06. The van der Waals surface area contributed by atoms with Gasteiger partial charge in [-0.1, -0.05) is 35.3 Å². The molecule has 0 aliphatic carbocycles. The van der Waals surface area contributed by atoms with E-state index >= 15 is 0 Å². The molecule has 1 rings (SSSR count). The van der Waals surface area contributed by atoms with E-state index < -0.39 is 0 Å². The molecule has 2 N–H and O–H groups in total. The number of nitrogens with one attached hydrogen (secondary N) is 2. The van der Waals surface area contributed by atoms with Crippen LogP contribution in [0, 0.1) is 0 Å². The van der Waals surface area contributed by atoms with Crippen molar-refractivity contribution >= 4 is 34.8 Å². The zero-order valence-electron chi connectivity index (χ0n) is 9.30. The third-order valence-corrected chi connectivity index (χ3v) is 2.69. The van der Waals surface area contributed by atoms with Crippen LogP contribution < -0.4 is 10.6 Å². The molecule has 0 fully saturated rings. The van der Waals surface area contributed by atoms with Crippen LogP contribution in [0.15, 0.2) is 30.9 Å². The quantitative estimate of drug-likeness (QED) is 0.782. The van der Waals surface area contributed by atoms with E-state index in [1.165, 1.54) is 0 Å². The van der Waals surface area contributed by atoms with E-state index in [9.17, 15) is 4.79 Å². The summed E-state index contributed by atoms with van der Waals surface area (Å²) in [5.74, 6) is -0.0411. The smallest absolute Gasteiger partial charge is 0.222 e. The van der Waals surface area contributed by atoms with Crippen molar-refractivity contribution in [2.75, 3.05) is 18.4 Å². The summed E-state index contributed by atoms with van der Waals surface area (Å²) >= 11 is 11.9. The highest BCUT2D eigenvalue weighted by Crippen LogP contribution is 2.29. The second-order valence-electron chi connectivity index (χ2n) is 3.37. The van der Waals surface area contributed by atoms with Crippen molar-refractivity contribution in [1.82, 2.24) is 5.32 Å². The molecular formula is C12H14Cl2N2O. The summed E-state index contributed by atoms with van der Waals surface area (Å²) < 4.78 is 0. The van der Waals surface area contributed by atoms with Gasteiger partial charge >= 0.3 is 0 Å². The van der Waals surface area contributed by atoms with Crippen LogP contribution in [0.1, 0.15) is 6.42 Å². The number of hydrogen-bond acceptors (Lipinski definition) is 2. The summed E-state index contributed by atoms with van der Waals surface area (Å²) in [6.07, 6.45) is 1.99. The first kappa shape index (κ1) is 13.9. The van der Waals surface area contributed by atoms with Crippen LogP contribution in [0.3, 0.4) is 0 Å². The molecule has 0 saturated heterocycles. The number of hydrogen-bond donors (Lipinski definition) is 2. The van der Waals surface area contributed by atoms with Gasteiger partial charge in [-0.3, -0.25) is 4.79 Å². The Labute approximate surface area is 111 Å². The lowest BCUT2D eigenvalue weighted by atomic mass is 10.3. The van der Waals surface area contributed by atoms with Gasteiger partial charge in [0, 0.05) is 19.5 Å². The number of halogens is 2. The van der Waals surface area contributed by atoms with Crippen LogP contribution in [-0.4, -0.2) is 19.0 Å². The maximum atomic E-state index is 11.3. The molecule has 0 unspecified atom stereocenters. The zero-order chi connectivity index (χ0) is 12.7. The molecule has 92 valence electrons. The summed E-state index contributed by atoms with van der Waals surface area (Å²) in [5.41, 5.74) is 0.660. The maximum Gasteiger partial charge on any atom is 0.222 e. The first-order valence-corrected chi connectivity index (χ1v) is 5.96. The molecule has 0 bridgehead atoms. The van der Waals surface area contributed by atoms with Crippen LogP contribution in [0.4, 0.5) is 5.69 Å². The van der Waals surface area contributed by atoms with Gasteiger partial charge in [0.25, 0.3) is 0 Å². The Kier molecular flexibility index (Phi) is 5.87. The van der Waals surface area contributed by atoms with Gasteiger partial charge in [0.15, 0.2) is 0 Å². The second kappa shape index (κ2) is 7.20. The SMILES string of the molecule is C=CCNC(=O)CCNc1c(Cl)cccc1Cl. The predicted molar refractivity (Wildman–Crippen MR) is 72.8 cm³/mol. The van der Waals surface area contributed by atoms with Crippen LogP contribution in [0.2, 0.25) is 10.0 Å². The molecule has 0 radical (unpaired) electrons. The molecule has 5 heteroatoms. The van der Waals surface area contributed by atoms with Gasteiger partial charge in [0.1, 0.15) is 0 Å². The Morgan fingerprint density at radius 3 is 2.59 bits per heavy atom. The molecular weight excluding hydrogens is 259 g/mol. The topological polar surface area (TPSA) is 41.1 Å². The Hall–Kier alpha value is -1.19. The molecule has 1 aromatic carbocycles. The maximum absolute atomic E-state index is 11.3. The monoisotopic (exact) mass is 272 g/mol. The molecule has 17 heavy (non-hydrogen) atoms. The molecule has 1 amide bonds. The first-order chi connectivity index (χ1) is 8.15. The summed E-state index contributed by atoms with van der Waals surface area (Å²) in [4.78, 5) is 11.3. The zero-order valence-corrected chi connectivity index (χ0v) is 10.8. The number of rotatable bonds is 6. The molecule has 0 saturated carbocycles. The Balaban J connectivity index is 2.40. The minimum atomic E-state index is -0.0411. The third kappa shape index (κ3) is 4.67. The van der Waals surface area contributed by atoms with Crippen molar-refractivity contribution < 1.29 is 4.79 Å². The Morgan fingerprint density at radius 2 is 2.00 bits per heavy atom. The van der Waals surface area contributed by atoms with Crippen LogP contribution in [-0.2, 0) is 4.79 Å². The van der Waals surface area contributed by atoms with Crippen molar-refractivity contribution in [2.45, 2.75) is 6.42 Å². The van der Waals surface area contributed by atoms with Crippen LogP contribution in [0.5, 0.6) is 0 Å². The van der Waals surface area contributed by atoms with Crippen LogP contribution in [0.25, 0.3) is 0 Å². The van der Waals surface area contributed by atoms with Crippen LogP contribution >= 0.6 is 23.2 Å². The van der Waals surface area contributed by atoms with Crippen molar-refractivity contribution in [2.24, 2.45) is 0 Å². The highest BCUT2D eigenvalue weighted by atomic mass is 35.5. The average Bonchev–Trinajstić information content (AvgIpc) is 2.30. The van der Waals surface area contributed by atoms with E-state index in [0.717, 1.165) is 0 Å². The summed E-state index contributed by atoms with van der Waals surface area (Å²) in [7, 11) is 0. The van der Waals surface area contributed by atoms with Crippen molar-refractivity contribution in [3.63, 3.8) is 0 Å². The number of carbonyl (C=O) groups excluding carboxylic acids is 1. The molecule has 0 aliphatic heterocycles. The predicted octanol–water partition coefficient (Wildman–Crippen LogP) is 3.10. The van der Waals surface area contributed by atoms with Gasteiger partial charge in [0.05, 0.1) is 15.7 Å². The molecule has 0 heterocycles. The molecule has 1 aromatic rings. The fraction of sp³-hybridized carbons (Fsp3) is 0.250. The Bertz CT molecular complexity index is 387.